The molecule has 0 unspecified atom stereocenters. The molecule has 19 heavy (non-hydrogen) atoms. The van der Waals surface area contributed by atoms with E-state index in [1.165, 1.54) is 25.7 Å². The number of anilines is 2. The van der Waals surface area contributed by atoms with Gasteiger partial charge in [-0.2, -0.15) is 0 Å². The fourth-order valence-electron chi connectivity index (χ4n) is 2.16. The Kier molecular flexibility index (Phi) is 5.39. The molecule has 1 aliphatic carbocycles. The number of hydrogen-bond acceptors (Lipinski definition) is 5. The third-order valence-electron chi connectivity index (χ3n) is 3.55. The number of nitrogens with zero attached hydrogens (tertiary/aromatic N) is 2. The Morgan fingerprint density at radius 1 is 1.32 bits per heavy atom. The van der Waals surface area contributed by atoms with Crippen molar-refractivity contribution >= 4 is 11.6 Å². The van der Waals surface area contributed by atoms with Crippen LogP contribution in [0, 0.1) is 5.92 Å². The van der Waals surface area contributed by atoms with Gasteiger partial charge in [0.2, 0.25) is 0 Å². The van der Waals surface area contributed by atoms with Crippen molar-refractivity contribution in [3.63, 3.8) is 0 Å². The quantitative estimate of drug-likeness (QED) is 0.756. The fraction of sp³-hybridized carbons (Fsp3) is 0.714. The van der Waals surface area contributed by atoms with Gasteiger partial charge in [0.05, 0.1) is 0 Å². The zero-order chi connectivity index (χ0) is 13.5. The van der Waals surface area contributed by atoms with Crippen molar-refractivity contribution in [1.29, 1.82) is 0 Å². The molecule has 0 bridgehead atoms. The molecule has 0 amide bonds. The Balaban J connectivity index is 1.89. The largest absolute Gasteiger partial charge is 0.374 e. The van der Waals surface area contributed by atoms with Crippen molar-refractivity contribution in [3.8, 4) is 0 Å². The molecule has 0 saturated heterocycles. The average Bonchev–Trinajstić information content (AvgIpc) is 2.39. The minimum Gasteiger partial charge on any atom is -0.374 e. The molecule has 1 aromatic heterocycles. The highest BCUT2D eigenvalue weighted by atomic mass is 16.5. The van der Waals surface area contributed by atoms with Crippen molar-refractivity contribution in [1.82, 2.24) is 9.97 Å². The lowest BCUT2D eigenvalue weighted by Crippen LogP contribution is -2.16. The van der Waals surface area contributed by atoms with Gasteiger partial charge in [-0.25, -0.2) is 9.97 Å². The minimum atomic E-state index is 0.462. The molecule has 0 radical (unpaired) electrons. The monoisotopic (exact) mass is 264 g/mol. The van der Waals surface area contributed by atoms with E-state index in [0.717, 1.165) is 29.9 Å². The zero-order valence-corrected chi connectivity index (χ0v) is 11.9. The normalized spacial score (nSPS) is 15.1. The summed E-state index contributed by atoms with van der Waals surface area (Å²) in [4.78, 5) is 8.85. The first-order valence-corrected chi connectivity index (χ1v) is 7.19. The van der Waals surface area contributed by atoms with Gasteiger partial charge in [0, 0.05) is 26.3 Å². The molecule has 0 aliphatic heterocycles. The van der Waals surface area contributed by atoms with Crippen LogP contribution in [0.5, 0.6) is 0 Å². The van der Waals surface area contributed by atoms with Crippen LogP contribution in [0.15, 0.2) is 6.07 Å². The maximum Gasteiger partial charge on any atom is 0.158 e. The molecule has 0 atom stereocenters. The number of aromatic nitrogens is 2. The van der Waals surface area contributed by atoms with Crippen LogP contribution in [0.2, 0.25) is 0 Å². The summed E-state index contributed by atoms with van der Waals surface area (Å²) in [6.45, 7) is 4.10. The van der Waals surface area contributed by atoms with E-state index in [0.29, 0.717) is 13.2 Å². The summed E-state index contributed by atoms with van der Waals surface area (Å²) in [7, 11) is 1.87. The van der Waals surface area contributed by atoms with Crippen molar-refractivity contribution in [2.75, 3.05) is 30.8 Å². The van der Waals surface area contributed by atoms with Gasteiger partial charge in [-0.3, -0.25) is 0 Å². The first-order chi connectivity index (χ1) is 9.31. The highest BCUT2D eigenvalue weighted by Crippen LogP contribution is 2.29. The third kappa shape index (κ3) is 4.35. The number of ether oxygens (including phenoxy) is 1. The van der Waals surface area contributed by atoms with Gasteiger partial charge in [0.1, 0.15) is 18.2 Å². The van der Waals surface area contributed by atoms with Crippen LogP contribution in [0.25, 0.3) is 0 Å². The Hall–Kier alpha value is -1.36. The highest BCUT2D eigenvalue weighted by Gasteiger charge is 2.16. The maximum atomic E-state index is 5.36. The smallest absolute Gasteiger partial charge is 0.158 e. The van der Waals surface area contributed by atoms with E-state index in [1.54, 1.807) is 0 Å². The van der Waals surface area contributed by atoms with Crippen molar-refractivity contribution < 1.29 is 4.74 Å². The van der Waals surface area contributed by atoms with Gasteiger partial charge in [0.25, 0.3) is 0 Å². The second kappa shape index (κ2) is 7.28. The Labute approximate surface area is 115 Å². The van der Waals surface area contributed by atoms with Gasteiger partial charge in [0.15, 0.2) is 5.82 Å². The number of hydrogen-bond donors (Lipinski definition) is 2. The lowest BCUT2D eigenvalue weighted by molar-refractivity contribution is 0.128. The van der Waals surface area contributed by atoms with Crippen LogP contribution in [-0.2, 0) is 11.3 Å². The summed E-state index contributed by atoms with van der Waals surface area (Å²) in [6.07, 6.45) is 5.42. The molecule has 2 N–H and O–H groups in total. The van der Waals surface area contributed by atoms with Crippen LogP contribution in [-0.4, -0.2) is 30.2 Å². The van der Waals surface area contributed by atoms with Crippen molar-refractivity contribution in [3.05, 3.63) is 11.9 Å². The molecule has 1 saturated carbocycles. The van der Waals surface area contributed by atoms with Gasteiger partial charge in [-0.15, -0.1) is 0 Å². The lowest BCUT2D eigenvalue weighted by Gasteiger charge is -2.25. The topological polar surface area (TPSA) is 59.1 Å². The van der Waals surface area contributed by atoms with E-state index in [4.69, 9.17) is 4.74 Å². The van der Waals surface area contributed by atoms with Crippen molar-refractivity contribution in [2.45, 2.75) is 39.2 Å². The van der Waals surface area contributed by atoms with E-state index in [9.17, 15) is 0 Å². The molecule has 0 aromatic carbocycles. The van der Waals surface area contributed by atoms with E-state index >= 15 is 0 Å². The van der Waals surface area contributed by atoms with Gasteiger partial charge >= 0.3 is 0 Å². The summed E-state index contributed by atoms with van der Waals surface area (Å²) in [5.41, 5.74) is 0. The fourth-order valence-corrected chi connectivity index (χ4v) is 2.16. The van der Waals surface area contributed by atoms with E-state index < -0.39 is 0 Å². The second-order valence-electron chi connectivity index (χ2n) is 4.95. The molecule has 106 valence electrons. The van der Waals surface area contributed by atoms with E-state index in [1.807, 2.05) is 20.0 Å². The molecule has 1 aliphatic rings. The van der Waals surface area contributed by atoms with Crippen LogP contribution >= 0.6 is 0 Å². The molecule has 5 nitrogen and oxygen atoms in total. The van der Waals surface area contributed by atoms with Crippen LogP contribution < -0.4 is 10.6 Å². The number of rotatable bonds is 8. The average molecular weight is 264 g/mol. The third-order valence-corrected chi connectivity index (χ3v) is 3.55. The van der Waals surface area contributed by atoms with Crippen LogP contribution in [0.1, 0.15) is 38.4 Å². The molecule has 0 spiro atoms. The predicted molar refractivity (Wildman–Crippen MR) is 77.4 cm³/mol. The Bertz CT molecular complexity index is 393. The molecular formula is C14H24N4O. The Morgan fingerprint density at radius 3 is 2.74 bits per heavy atom. The molecule has 2 rings (SSSR count). The van der Waals surface area contributed by atoms with E-state index in [2.05, 4.69) is 20.6 Å². The van der Waals surface area contributed by atoms with Crippen LogP contribution in [0.3, 0.4) is 0 Å². The van der Waals surface area contributed by atoms with E-state index in [-0.39, 0.29) is 0 Å². The summed E-state index contributed by atoms with van der Waals surface area (Å²) >= 11 is 0. The summed E-state index contributed by atoms with van der Waals surface area (Å²) < 4.78 is 5.36. The SMILES string of the molecule is CCOCc1nc(NC)cc(NCCC2CCC2)n1. The molecule has 1 aromatic rings. The summed E-state index contributed by atoms with van der Waals surface area (Å²) in [5, 5.41) is 6.45. The first kappa shape index (κ1) is 14.1. The summed E-state index contributed by atoms with van der Waals surface area (Å²) in [5.74, 6) is 3.35. The minimum absolute atomic E-state index is 0.462. The first-order valence-electron chi connectivity index (χ1n) is 7.19. The molecular weight excluding hydrogens is 240 g/mol. The molecule has 1 heterocycles. The van der Waals surface area contributed by atoms with Crippen molar-refractivity contribution in [2.24, 2.45) is 5.92 Å². The van der Waals surface area contributed by atoms with Gasteiger partial charge in [-0.05, 0) is 19.3 Å². The highest BCUT2D eigenvalue weighted by molar-refractivity contribution is 5.47. The van der Waals surface area contributed by atoms with Gasteiger partial charge in [-0.1, -0.05) is 19.3 Å². The van der Waals surface area contributed by atoms with Crippen LogP contribution in [0.4, 0.5) is 11.6 Å². The predicted octanol–water partition coefficient (Wildman–Crippen LogP) is 2.66. The second-order valence-corrected chi connectivity index (χ2v) is 4.95. The Morgan fingerprint density at radius 2 is 2.11 bits per heavy atom. The lowest BCUT2D eigenvalue weighted by atomic mass is 9.83. The number of nitrogens with one attached hydrogen (secondary N) is 2. The summed E-state index contributed by atoms with van der Waals surface area (Å²) in [6, 6.07) is 1.94. The molecule has 1 fully saturated rings. The van der Waals surface area contributed by atoms with Gasteiger partial charge < -0.3 is 15.4 Å². The zero-order valence-electron chi connectivity index (χ0n) is 11.9. The standard InChI is InChI=1S/C14H24N4O/c1-3-19-10-14-17-12(15-2)9-13(18-14)16-8-7-11-5-4-6-11/h9,11H,3-8,10H2,1-2H3,(H2,15,16,17,18). The maximum absolute atomic E-state index is 5.36. The molecule has 5 heteroatoms.